The van der Waals surface area contributed by atoms with Crippen LogP contribution in [0.5, 0.6) is 0 Å². The van der Waals surface area contributed by atoms with Crippen LogP contribution >= 0.6 is 0 Å². The first-order chi connectivity index (χ1) is 26.1. The molecule has 0 bridgehead atoms. The molecule has 10 atom stereocenters. The van der Waals surface area contributed by atoms with E-state index >= 15 is 0 Å². The highest BCUT2D eigenvalue weighted by Gasteiger charge is 2.69. The Morgan fingerprint density at radius 2 is 1.59 bits per heavy atom. The number of carboxylic acids is 1. The largest absolute Gasteiger partial charge is 0.481 e. The summed E-state index contributed by atoms with van der Waals surface area (Å²) in [6.07, 6.45) is 12.1. The number of likely N-dealkylation sites (N-methyl/N-ethyl adjacent to an activating group) is 1. The molecule has 1 heterocycles. The highest BCUT2D eigenvalue weighted by Crippen LogP contribution is 2.76. The Hall–Kier alpha value is -2.69. The summed E-state index contributed by atoms with van der Waals surface area (Å²) < 4.78 is 6.18. The van der Waals surface area contributed by atoms with E-state index in [4.69, 9.17) is 4.74 Å². The van der Waals surface area contributed by atoms with E-state index in [1.165, 1.54) is 11.9 Å². The third kappa shape index (κ3) is 7.31. The zero-order valence-corrected chi connectivity index (χ0v) is 36.4. The van der Waals surface area contributed by atoms with Crippen molar-refractivity contribution in [2.75, 3.05) is 33.7 Å². The van der Waals surface area contributed by atoms with Gasteiger partial charge < -0.3 is 19.8 Å². The zero-order valence-electron chi connectivity index (χ0n) is 36.4. The summed E-state index contributed by atoms with van der Waals surface area (Å²) in [5, 5.41) is 21.8. The molecular weight excluding hydrogens is 705 g/mol. The lowest BCUT2D eigenvalue weighted by molar-refractivity contribution is -0.232. The van der Waals surface area contributed by atoms with Gasteiger partial charge in [0, 0.05) is 49.6 Å². The number of hydrogen-bond donors (Lipinski definition) is 2. The maximum atomic E-state index is 14.7. The molecule has 1 aromatic heterocycles. The van der Waals surface area contributed by atoms with Crippen molar-refractivity contribution in [2.24, 2.45) is 62.6 Å². The number of fused-ring (bicyclic) bond motifs is 7. The summed E-state index contributed by atoms with van der Waals surface area (Å²) in [5.74, 6) is -0.277. The second-order valence-electron chi connectivity index (χ2n) is 21.2. The van der Waals surface area contributed by atoms with Crippen molar-refractivity contribution < 1.29 is 29.3 Å². The van der Waals surface area contributed by atoms with Crippen LogP contribution in [-0.2, 0) is 25.7 Å². The van der Waals surface area contributed by atoms with Gasteiger partial charge in [-0.25, -0.2) is 9.97 Å². The maximum absolute atomic E-state index is 14.7. The predicted octanol–water partition coefficient (Wildman–Crippen LogP) is 7.45. The molecule has 0 saturated heterocycles. The molecule has 0 aliphatic heterocycles. The van der Waals surface area contributed by atoms with Crippen LogP contribution in [0.4, 0.5) is 0 Å². The number of esters is 1. The monoisotopic (exact) mass is 777 g/mol. The number of aliphatic hydroxyl groups is 1. The molecule has 6 rings (SSSR count). The first-order valence-electron chi connectivity index (χ1n) is 21.6. The minimum absolute atomic E-state index is 0.0247. The number of ether oxygens (including phenoxy) is 1. The summed E-state index contributed by atoms with van der Waals surface area (Å²) in [6, 6.07) is 0. The molecule has 4 fully saturated rings. The molecule has 0 aromatic carbocycles. The van der Waals surface area contributed by atoms with Crippen LogP contribution in [0.15, 0.2) is 29.9 Å². The fraction of sp³-hybridized carbons (Fsp3) is 0.804. The average Bonchev–Trinajstić information content (AvgIpc) is 3.41. The summed E-state index contributed by atoms with van der Waals surface area (Å²) in [5.41, 5.74) is 2.15. The van der Waals surface area contributed by atoms with Gasteiger partial charge in [0.25, 0.3) is 0 Å². The van der Waals surface area contributed by atoms with Crippen molar-refractivity contribution >= 4 is 17.7 Å². The van der Waals surface area contributed by atoms with Gasteiger partial charge in [-0.3, -0.25) is 19.3 Å². The Labute approximate surface area is 336 Å². The number of allylic oxidation sites excluding steroid dienone is 2. The second kappa shape index (κ2) is 15.5. The van der Waals surface area contributed by atoms with Gasteiger partial charge in [-0.05, 0) is 131 Å². The molecule has 5 aliphatic rings. The molecule has 4 saturated carbocycles. The number of aromatic nitrogens is 2. The van der Waals surface area contributed by atoms with Crippen molar-refractivity contribution in [2.45, 2.75) is 139 Å². The van der Waals surface area contributed by atoms with E-state index in [0.717, 1.165) is 75.6 Å². The number of nitrogens with zero attached hydrogens (tertiary/aromatic N) is 4. The summed E-state index contributed by atoms with van der Waals surface area (Å²) >= 11 is 0. The minimum atomic E-state index is -1.17. The zero-order chi connectivity index (χ0) is 41.2. The molecule has 5 aliphatic carbocycles. The molecule has 10 nitrogen and oxygen atoms in total. The maximum Gasteiger partial charge on any atom is 0.309 e. The van der Waals surface area contributed by atoms with Crippen molar-refractivity contribution in [3.63, 3.8) is 0 Å². The fourth-order valence-corrected chi connectivity index (χ4v) is 13.5. The summed E-state index contributed by atoms with van der Waals surface area (Å²) in [4.78, 5) is 52.4. The highest BCUT2D eigenvalue weighted by atomic mass is 16.5. The van der Waals surface area contributed by atoms with Crippen molar-refractivity contribution in [3.8, 4) is 0 Å². The van der Waals surface area contributed by atoms with E-state index in [0.29, 0.717) is 30.8 Å². The van der Waals surface area contributed by atoms with E-state index < -0.39 is 29.4 Å². The van der Waals surface area contributed by atoms with E-state index in [1.807, 2.05) is 12.4 Å². The Kier molecular flexibility index (Phi) is 11.9. The standard InChI is InChI=1S/C46H72N4O6/c1-28(2)37-38-30(39(40(37)53)32(51)26-50(21-20-49(10)11)25-29-23-47-27-48-24-29)14-18-45(8)31(38)12-13-34-44(7)17-16-35(56-36(52)22-42(3,4)41(54)55)43(5,6)33(44)15-19-46(34,45)9/h23-24,27-28,30-35,39,51H,12-22,25-26H2,1-11H3,(H,54,55)/t30?,31-,32+,33+,34-,35+,39-,44+,45-,46-/m1/s1. The Morgan fingerprint density at radius 1 is 0.929 bits per heavy atom. The third-order valence-electron chi connectivity index (χ3n) is 16.6. The summed E-state index contributed by atoms with van der Waals surface area (Å²) in [6.45, 7) is 22.4. The first kappa shape index (κ1) is 42.9. The van der Waals surface area contributed by atoms with Crippen molar-refractivity contribution in [1.82, 2.24) is 19.8 Å². The number of carbonyl (C=O) groups excluding carboxylic acids is 2. The predicted molar refractivity (Wildman–Crippen MR) is 217 cm³/mol. The lowest BCUT2D eigenvalue weighted by Gasteiger charge is -2.71. The van der Waals surface area contributed by atoms with Crippen molar-refractivity contribution in [1.29, 1.82) is 0 Å². The average molecular weight is 777 g/mol. The van der Waals surface area contributed by atoms with Crippen LogP contribution in [0, 0.1) is 62.6 Å². The molecule has 10 heteroatoms. The number of aliphatic carboxylic acids is 1. The number of rotatable bonds is 13. The second-order valence-corrected chi connectivity index (χ2v) is 21.2. The Balaban J connectivity index is 1.23. The van der Waals surface area contributed by atoms with E-state index in [1.54, 1.807) is 13.8 Å². The topological polar surface area (TPSA) is 133 Å². The summed E-state index contributed by atoms with van der Waals surface area (Å²) in [7, 11) is 4.12. The number of hydrogen-bond acceptors (Lipinski definition) is 9. The van der Waals surface area contributed by atoms with E-state index in [2.05, 4.69) is 82.3 Å². The van der Waals surface area contributed by atoms with Crippen LogP contribution in [0.1, 0.15) is 126 Å². The van der Waals surface area contributed by atoms with Gasteiger partial charge >= 0.3 is 11.9 Å². The number of aliphatic hydroxyl groups excluding tert-OH is 1. The molecule has 312 valence electrons. The van der Waals surface area contributed by atoms with Gasteiger partial charge in [0.05, 0.1) is 23.9 Å². The molecule has 0 amide bonds. The van der Waals surface area contributed by atoms with Gasteiger partial charge in [0.2, 0.25) is 0 Å². The van der Waals surface area contributed by atoms with E-state index in [-0.39, 0.29) is 51.8 Å². The van der Waals surface area contributed by atoms with Crippen molar-refractivity contribution in [3.05, 3.63) is 35.4 Å². The first-order valence-corrected chi connectivity index (χ1v) is 21.6. The minimum Gasteiger partial charge on any atom is -0.481 e. The van der Waals surface area contributed by atoms with E-state index in [9.17, 15) is 24.6 Å². The molecule has 2 N–H and O–H groups in total. The molecular formula is C46H72N4O6. The fourth-order valence-electron chi connectivity index (χ4n) is 13.5. The lowest BCUT2D eigenvalue weighted by Crippen LogP contribution is -2.65. The van der Waals surface area contributed by atoms with Gasteiger partial charge in [-0.15, -0.1) is 0 Å². The smallest absolute Gasteiger partial charge is 0.309 e. The van der Waals surface area contributed by atoms with Crippen LogP contribution in [0.25, 0.3) is 0 Å². The van der Waals surface area contributed by atoms with Gasteiger partial charge in [-0.2, -0.15) is 0 Å². The Morgan fingerprint density at radius 3 is 2.21 bits per heavy atom. The van der Waals surface area contributed by atoms with Gasteiger partial charge in [0.1, 0.15) is 12.4 Å². The molecule has 0 spiro atoms. The molecule has 0 radical (unpaired) electrons. The van der Waals surface area contributed by atoms with Crippen LogP contribution in [0.3, 0.4) is 0 Å². The van der Waals surface area contributed by atoms with Gasteiger partial charge in [-0.1, -0.05) is 54.0 Å². The Bertz CT molecular complexity index is 1670. The van der Waals surface area contributed by atoms with Crippen LogP contribution < -0.4 is 0 Å². The van der Waals surface area contributed by atoms with Gasteiger partial charge in [0.15, 0.2) is 5.78 Å². The molecule has 56 heavy (non-hydrogen) atoms. The highest BCUT2D eigenvalue weighted by molar-refractivity contribution is 6.02. The molecule has 1 unspecified atom stereocenters. The van der Waals surface area contributed by atoms with Crippen LogP contribution in [0.2, 0.25) is 0 Å². The number of carboxylic acid groups (broad SMARTS) is 1. The number of ketones is 1. The lowest BCUT2D eigenvalue weighted by atomic mass is 9.33. The SMILES string of the molecule is CC(C)C1=C2C(CC[C@]3(C)[C@@H]2CC[C@@H]2[C@@]4(C)CC[C@H](OC(=O)CC(C)(C)C(=O)O)C(C)(C)[C@@H]4CC[C@]23C)[C@H]([C@@H](O)CN(CCN(C)C)Cc2cncnc2)C1=O. The quantitative estimate of drug-likeness (QED) is 0.195. The normalized spacial score (nSPS) is 35.9. The van der Waals surface area contributed by atoms with Crippen LogP contribution in [-0.4, -0.2) is 93.6 Å². The number of carbonyl (C=O) groups is 3. The third-order valence-corrected chi connectivity index (χ3v) is 16.6. The molecule has 1 aromatic rings. The number of Topliss-reactive ketones (excluding diaryl/α,β-unsaturated/α-hetero) is 1.